The summed E-state index contributed by atoms with van der Waals surface area (Å²) < 4.78 is 0. The van der Waals surface area contributed by atoms with E-state index in [2.05, 4.69) is 28.6 Å². The maximum Gasteiger partial charge on any atom is 0.224 e. The fraction of sp³-hybridized carbons (Fsp3) is 0.318. The smallest absolute Gasteiger partial charge is 0.224 e. The minimum atomic E-state index is 0.0250. The molecule has 1 aliphatic rings. The Morgan fingerprint density at radius 1 is 1.26 bits per heavy atom. The third kappa shape index (κ3) is 4.42. The Hall–Kier alpha value is -2.95. The van der Waals surface area contributed by atoms with Gasteiger partial charge < -0.3 is 10.6 Å². The van der Waals surface area contributed by atoms with Crippen molar-refractivity contribution in [3.05, 3.63) is 47.8 Å². The van der Waals surface area contributed by atoms with E-state index < -0.39 is 0 Å². The van der Waals surface area contributed by atoms with Crippen LogP contribution in [0.25, 0.3) is 17.2 Å². The van der Waals surface area contributed by atoms with Gasteiger partial charge in [-0.1, -0.05) is 13.3 Å². The first-order chi connectivity index (χ1) is 13.1. The molecular weight excluding hydrogens is 338 g/mol. The molecule has 3 rings (SSSR count). The molecule has 140 valence electrons. The zero-order valence-corrected chi connectivity index (χ0v) is 15.8. The van der Waals surface area contributed by atoms with E-state index in [-0.39, 0.29) is 5.91 Å². The van der Waals surface area contributed by atoms with Crippen LogP contribution < -0.4 is 10.6 Å². The van der Waals surface area contributed by atoms with Gasteiger partial charge in [0, 0.05) is 36.6 Å². The molecule has 1 aliphatic heterocycles. The fourth-order valence-electron chi connectivity index (χ4n) is 3.44. The molecule has 5 nitrogen and oxygen atoms in total. The molecule has 1 atom stereocenters. The number of fused-ring (bicyclic) bond motifs is 4. The highest BCUT2D eigenvalue weighted by Crippen LogP contribution is 2.36. The lowest BCUT2D eigenvalue weighted by atomic mass is 9.94. The highest BCUT2D eigenvalue weighted by molar-refractivity contribution is 5.98. The Morgan fingerprint density at radius 3 is 2.89 bits per heavy atom. The lowest BCUT2D eigenvalue weighted by Gasteiger charge is -2.18. The van der Waals surface area contributed by atoms with Gasteiger partial charge in [0.2, 0.25) is 5.91 Å². The van der Waals surface area contributed by atoms with Crippen molar-refractivity contribution >= 4 is 29.6 Å². The predicted octanol–water partition coefficient (Wildman–Crippen LogP) is 4.62. The van der Waals surface area contributed by atoms with E-state index in [0.29, 0.717) is 12.3 Å². The number of carbonyl (C=O) groups excluding carboxylic acids is 2. The number of nitrogens with zero attached hydrogens (tertiary/aromatic N) is 1. The Morgan fingerprint density at radius 2 is 2.11 bits per heavy atom. The average molecular weight is 363 g/mol. The summed E-state index contributed by atoms with van der Waals surface area (Å²) in [7, 11) is 1.82. The van der Waals surface area contributed by atoms with Crippen molar-refractivity contribution in [1.82, 2.24) is 4.98 Å². The van der Waals surface area contributed by atoms with E-state index in [1.807, 2.05) is 31.4 Å². The zero-order chi connectivity index (χ0) is 19.2. The number of hydrogen-bond donors (Lipinski definition) is 2. The number of anilines is 2. The van der Waals surface area contributed by atoms with Gasteiger partial charge in [-0.05, 0) is 66.3 Å². The van der Waals surface area contributed by atoms with Crippen LogP contribution in [0.4, 0.5) is 11.4 Å². The highest BCUT2D eigenvalue weighted by atomic mass is 16.1. The summed E-state index contributed by atoms with van der Waals surface area (Å²) in [5.41, 5.74) is 5.49. The van der Waals surface area contributed by atoms with Gasteiger partial charge in [-0.25, -0.2) is 0 Å². The molecule has 1 aromatic carbocycles. The quantitative estimate of drug-likeness (QED) is 0.617. The number of carbonyl (C=O) groups is 2. The normalized spacial score (nSPS) is 17.4. The first-order valence-electron chi connectivity index (χ1n) is 9.36. The van der Waals surface area contributed by atoms with Crippen LogP contribution in [0.15, 0.2) is 36.5 Å². The number of aldehydes is 1. The number of allylic oxidation sites excluding steroid dienone is 1. The van der Waals surface area contributed by atoms with Gasteiger partial charge in [-0.15, -0.1) is 0 Å². The monoisotopic (exact) mass is 363 g/mol. The summed E-state index contributed by atoms with van der Waals surface area (Å²) in [4.78, 5) is 27.7. The molecule has 0 fully saturated rings. The first kappa shape index (κ1) is 18.8. The lowest BCUT2D eigenvalue weighted by Crippen LogP contribution is -2.13. The number of rotatable bonds is 3. The van der Waals surface area contributed by atoms with Gasteiger partial charge >= 0.3 is 0 Å². The number of pyridine rings is 1. The van der Waals surface area contributed by atoms with Crippen LogP contribution in [0.2, 0.25) is 0 Å². The fourth-order valence-corrected chi connectivity index (χ4v) is 3.44. The van der Waals surface area contributed by atoms with Crippen LogP contribution in [-0.2, 0) is 9.59 Å². The molecule has 0 spiro atoms. The molecule has 2 bridgehead atoms. The third-order valence-corrected chi connectivity index (χ3v) is 4.98. The van der Waals surface area contributed by atoms with Crippen LogP contribution in [0, 0.1) is 0 Å². The van der Waals surface area contributed by atoms with Crippen LogP contribution in [-0.4, -0.2) is 24.2 Å². The number of aromatic nitrogens is 1. The summed E-state index contributed by atoms with van der Waals surface area (Å²) in [6.45, 7) is 2.18. The molecule has 0 radical (unpaired) electrons. The molecule has 0 saturated carbocycles. The number of hydrogen-bond acceptors (Lipinski definition) is 4. The summed E-state index contributed by atoms with van der Waals surface area (Å²) in [5.74, 6) is 0.374. The summed E-state index contributed by atoms with van der Waals surface area (Å²) >= 11 is 0. The van der Waals surface area contributed by atoms with Gasteiger partial charge in [0.05, 0.1) is 5.69 Å². The number of amides is 1. The maximum absolute atomic E-state index is 12.4. The Labute approximate surface area is 159 Å². The molecule has 27 heavy (non-hydrogen) atoms. The Kier molecular flexibility index (Phi) is 6.01. The van der Waals surface area contributed by atoms with Crippen molar-refractivity contribution in [2.75, 3.05) is 17.7 Å². The minimum absolute atomic E-state index is 0.0250. The van der Waals surface area contributed by atoms with E-state index >= 15 is 0 Å². The second kappa shape index (κ2) is 8.62. The molecule has 2 N–H and O–H groups in total. The minimum Gasteiger partial charge on any atom is -0.388 e. The highest BCUT2D eigenvalue weighted by Gasteiger charge is 2.16. The molecule has 2 aromatic rings. The molecule has 0 aliphatic carbocycles. The third-order valence-electron chi connectivity index (χ3n) is 4.98. The van der Waals surface area contributed by atoms with Crippen molar-refractivity contribution in [2.24, 2.45) is 0 Å². The number of benzene rings is 1. The van der Waals surface area contributed by atoms with Gasteiger partial charge in [0.15, 0.2) is 0 Å². The van der Waals surface area contributed by atoms with Gasteiger partial charge in [-0.3, -0.25) is 14.6 Å². The van der Waals surface area contributed by atoms with Crippen molar-refractivity contribution < 1.29 is 9.59 Å². The average Bonchev–Trinajstić information content (AvgIpc) is 2.69. The van der Waals surface area contributed by atoms with E-state index in [1.54, 1.807) is 6.08 Å². The van der Waals surface area contributed by atoms with Crippen molar-refractivity contribution in [3.63, 3.8) is 0 Å². The maximum atomic E-state index is 12.4. The van der Waals surface area contributed by atoms with E-state index in [0.717, 1.165) is 59.3 Å². The largest absolute Gasteiger partial charge is 0.388 e. The summed E-state index contributed by atoms with van der Waals surface area (Å²) in [6.07, 6.45) is 9.21. The van der Waals surface area contributed by atoms with E-state index in [9.17, 15) is 9.59 Å². The Balaban J connectivity index is 2.19. The summed E-state index contributed by atoms with van der Waals surface area (Å²) in [5, 5.41) is 6.20. The molecule has 5 heteroatoms. The van der Waals surface area contributed by atoms with Crippen LogP contribution in [0.5, 0.6) is 0 Å². The molecular formula is C22H25N3O2. The Bertz CT molecular complexity index is 874. The predicted molar refractivity (Wildman–Crippen MR) is 110 cm³/mol. The number of nitrogens with one attached hydrogen (secondary N) is 2. The van der Waals surface area contributed by atoms with E-state index in [1.165, 1.54) is 6.08 Å². The van der Waals surface area contributed by atoms with Gasteiger partial charge in [-0.2, -0.15) is 0 Å². The van der Waals surface area contributed by atoms with Crippen molar-refractivity contribution in [3.8, 4) is 11.1 Å². The van der Waals surface area contributed by atoms with Gasteiger partial charge in [0.1, 0.15) is 6.29 Å². The summed E-state index contributed by atoms with van der Waals surface area (Å²) in [6, 6.07) is 7.98. The molecule has 1 aromatic heterocycles. The zero-order valence-electron chi connectivity index (χ0n) is 15.8. The first-order valence-corrected chi connectivity index (χ1v) is 9.36. The van der Waals surface area contributed by atoms with Crippen molar-refractivity contribution in [2.45, 2.75) is 38.5 Å². The molecule has 1 amide bonds. The van der Waals surface area contributed by atoms with Crippen LogP contribution in [0.1, 0.15) is 49.8 Å². The van der Waals surface area contributed by atoms with Crippen molar-refractivity contribution in [1.29, 1.82) is 0 Å². The molecule has 1 unspecified atom stereocenters. The SMILES string of the molecule is CNc1cc2c(cc1/C=C\C=O)-c1ccnc(c1)C(C)CCCCC(=O)N2. The molecule has 0 saturated heterocycles. The van der Waals surface area contributed by atoms with Gasteiger partial charge in [0.25, 0.3) is 0 Å². The van der Waals surface area contributed by atoms with Crippen LogP contribution in [0.3, 0.4) is 0 Å². The van der Waals surface area contributed by atoms with Crippen LogP contribution >= 0.6 is 0 Å². The van der Waals surface area contributed by atoms with E-state index in [4.69, 9.17) is 0 Å². The standard InChI is InChI=1S/C22H25N3O2/c1-15-6-3-4-8-22(27)25-21-14-20(23-2)17(7-5-11-26)12-18(21)16-9-10-24-19(15)13-16/h5,7,9-15,23H,3-4,6,8H2,1-2H3,(H,25,27)/b7-5-. The molecule has 2 heterocycles. The topological polar surface area (TPSA) is 71.1 Å². The lowest BCUT2D eigenvalue weighted by molar-refractivity contribution is -0.116. The second-order valence-corrected chi connectivity index (χ2v) is 6.89. The second-order valence-electron chi connectivity index (χ2n) is 6.89.